The average molecular weight is 536 g/mol. The summed E-state index contributed by atoms with van der Waals surface area (Å²) < 4.78 is 26.4. The van der Waals surface area contributed by atoms with Gasteiger partial charge in [0, 0.05) is 30.1 Å². The summed E-state index contributed by atoms with van der Waals surface area (Å²) in [5, 5.41) is 3.42. The molecule has 2 aromatic carbocycles. The van der Waals surface area contributed by atoms with Gasteiger partial charge in [-0.25, -0.2) is 8.42 Å². The highest BCUT2D eigenvalue weighted by Crippen LogP contribution is 2.28. The van der Waals surface area contributed by atoms with Gasteiger partial charge < -0.3 is 10.2 Å². The van der Waals surface area contributed by atoms with Crippen LogP contribution in [-0.4, -0.2) is 49.5 Å². The van der Waals surface area contributed by atoms with Gasteiger partial charge in [0.25, 0.3) is 0 Å². The maximum absolute atomic E-state index is 13.4. The first-order chi connectivity index (χ1) is 16.6. The minimum absolute atomic E-state index is 0.0879. The molecule has 0 unspecified atom stereocenters. The van der Waals surface area contributed by atoms with Gasteiger partial charge in [-0.15, -0.1) is 0 Å². The number of nitrogens with zero attached hydrogens (tertiary/aromatic N) is 2. The molecule has 0 bridgehead atoms. The van der Waals surface area contributed by atoms with Gasteiger partial charge in [0.1, 0.15) is 6.04 Å². The predicted molar refractivity (Wildman–Crippen MR) is 147 cm³/mol. The number of carbonyl (C=O) groups is 2. The SMILES string of the molecule is Cc1ccc(CN(C(=O)CCCN(c2cccc(Cl)c2C)S(C)(=O)=O)[C@@H](C)C(=O)NC(C)(C)C)cc1. The molecule has 7 nitrogen and oxygen atoms in total. The van der Waals surface area contributed by atoms with Crippen LogP contribution in [0.1, 0.15) is 57.2 Å². The number of carbonyl (C=O) groups excluding carboxylic acids is 2. The number of amides is 2. The van der Waals surface area contributed by atoms with E-state index >= 15 is 0 Å². The monoisotopic (exact) mass is 535 g/mol. The lowest BCUT2D eigenvalue weighted by Crippen LogP contribution is -2.52. The molecule has 0 saturated heterocycles. The van der Waals surface area contributed by atoms with Crippen molar-refractivity contribution in [3.8, 4) is 0 Å². The Morgan fingerprint density at radius 3 is 2.22 bits per heavy atom. The van der Waals surface area contributed by atoms with E-state index in [1.807, 2.05) is 52.0 Å². The summed E-state index contributed by atoms with van der Waals surface area (Å²) in [6.07, 6.45) is 1.51. The number of aryl methyl sites for hydroxylation is 1. The highest BCUT2D eigenvalue weighted by molar-refractivity contribution is 7.92. The number of hydrogen-bond acceptors (Lipinski definition) is 4. The molecule has 0 radical (unpaired) electrons. The Bertz CT molecular complexity index is 1170. The molecule has 0 heterocycles. The molecule has 1 atom stereocenters. The molecular weight excluding hydrogens is 498 g/mol. The van der Waals surface area contributed by atoms with Crippen LogP contribution in [-0.2, 0) is 26.2 Å². The maximum Gasteiger partial charge on any atom is 0.242 e. The van der Waals surface area contributed by atoms with Crippen LogP contribution in [0.3, 0.4) is 0 Å². The molecule has 2 amide bonds. The minimum Gasteiger partial charge on any atom is -0.350 e. The lowest BCUT2D eigenvalue weighted by atomic mass is 10.1. The number of anilines is 1. The summed E-state index contributed by atoms with van der Waals surface area (Å²) in [5.41, 5.74) is 2.73. The second-order valence-corrected chi connectivity index (χ2v) is 12.6. The Morgan fingerprint density at radius 2 is 1.67 bits per heavy atom. The number of nitrogens with one attached hydrogen (secondary N) is 1. The summed E-state index contributed by atoms with van der Waals surface area (Å²) in [6, 6.07) is 12.2. The third-order valence-electron chi connectivity index (χ3n) is 5.80. The largest absolute Gasteiger partial charge is 0.350 e. The van der Waals surface area contributed by atoms with Crippen molar-refractivity contribution in [2.75, 3.05) is 17.1 Å². The van der Waals surface area contributed by atoms with E-state index in [0.29, 0.717) is 16.3 Å². The second-order valence-electron chi connectivity index (χ2n) is 10.2. The summed E-state index contributed by atoms with van der Waals surface area (Å²) >= 11 is 6.21. The van der Waals surface area contributed by atoms with Crippen LogP contribution >= 0.6 is 11.6 Å². The van der Waals surface area contributed by atoms with Gasteiger partial charge in [-0.05, 0) is 71.2 Å². The van der Waals surface area contributed by atoms with Crippen LogP contribution in [0.15, 0.2) is 42.5 Å². The lowest BCUT2D eigenvalue weighted by Gasteiger charge is -2.32. The van der Waals surface area contributed by atoms with Gasteiger partial charge in [-0.1, -0.05) is 47.5 Å². The Hall–Kier alpha value is -2.58. The smallest absolute Gasteiger partial charge is 0.242 e. The highest BCUT2D eigenvalue weighted by atomic mass is 35.5. The molecule has 9 heteroatoms. The third kappa shape index (κ3) is 8.52. The highest BCUT2D eigenvalue weighted by Gasteiger charge is 2.29. The molecule has 0 aliphatic rings. The van der Waals surface area contributed by atoms with Crippen LogP contribution < -0.4 is 9.62 Å². The normalized spacial score (nSPS) is 12.7. The van der Waals surface area contributed by atoms with Gasteiger partial charge in [0.2, 0.25) is 21.8 Å². The number of benzene rings is 2. The molecule has 2 rings (SSSR count). The first-order valence-corrected chi connectivity index (χ1v) is 14.2. The summed E-state index contributed by atoms with van der Waals surface area (Å²) in [5.74, 6) is -0.460. The van der Waals surface area contributed by atoms with Crippen LogP contribution in [0.25, 0.3) is 0 Å². The topological polar surface area (TPSA) is 86.8 Å². The fourth-order valence-corrected chi connectivity index (χ4v) is 4.98. The van der Waals surface area contributed by atoms with Gasteiger partial charge >= 0.3 is 0 Å². The van der Waals surface area contributed by atoms with Crippen LogP contribution in [0, 0.1) is 13.8 Å². The van der Waals surface area contributed by atoms with Crippen LogP contribution in [0.5, 0.6) is 0 Å². The first kappa shape index (κ1) is 29.6. The van der Waals surface area contributed by atoms with Crippen LogP contribution in [0.2, 0.25) is 5.02 Å². The molecular formula is C27H38ClN3O4S. The fraction of sp³-hybridized carbons (Fsp3) is 0.481. The number of halogens is 1. The minimum atomic E-state index is -3.59. The molecule has 36 heavy (non-hydrogen) atoms. The molecule has 0 spiro atoms. The Balaban J connectivity index is 2.22. The third-order valence-corrected chi connectivity index (χ3v) is 7.39. The molecule has 1 N–H and O–H groups in total. The summed E-state index contributed by atoms with van der Waals surface area (Å²) in [4.78, 5) is 27.8. The van der Waals surface area contributed by atoms with Crippen molar-refractivity contribution in [1.29, 1.82) is 0 Å². The van der Waals surface area contributed by atoms with E-state index in [-0.39, 0.29) is 37.7 Å². The molecule has 0 aliphatic carbocycles. The van der Waals surface area contributed by atoms with E-state index in [4.69, 9.17) is 11.6 Å². The molecule has 2 aromatic rings. The van der Waals surface area contributed by atoms with Crippen LogP contribution in [0.4, 0.5) is 5.69 Å². The predicted octanol–water partition coefficient (Wildman–Crippen LogP) is 4.84. The molecule has 0 saturated carbocycles. The number of sulfonamides is 1. The Morgan fingerprint density at radius 1 is 1.06 bits per heavy atom. The lowest BCUT2D eigenvalue weighted by molar-refractivity contribution is -0.141. The number of hydrogen-bond donors (Lipinski definition) is 1. The van der Waals surface area contributed by atoms with Crippen molar-refractivity contribution in [3.63, 3.8) is 0 Å². The van der Waals surface area contributed by atoms with E-state index in [1.165, 1.54) is 4.31 Å². The zero-order valence-electron chi connectivity index (χ0n) is 22.3. The van der Waals surface area contributed by atoms with Crippen molar-refractivity contribution in [2.45, 2.75) is 72.5 Å². The fourth-order valence-electron chi connectivity index (χ4n) is 3.80. The quantitative estimate of drug-likeness (QED) is 0.472. The van der Waals surface area contributed by atoms with Crippen molar-refractivity contribution in [2.24, 2.45) is 0 Å². The second kappa shape index (κ2) is 12.1. The van der Waals surface area contributed by atoms with Crippen molar-refractivity contribution < 1.29 is 18.0 Å². The molecule has 0 aromatic heterocycles. The average Bonchev–Trinajstić information content (AvgIpc) is 2.76. The summed E-state index contributed by atoms with van der Waals surface area (Å²) in [6.45, 7) is 11.5. The first-order valence-electron chi connectivity index (χ1n) is 12.0. The van der Waals surface area contributed by atoms with E-state index in [2.05, 4.69) is 5.32 Å². The van der Waals surface area contributed by atoms with Gasteiger partial charge in [0.15, 0.2) is 0 Å². The van der Waals surface area contributed by atoms with Crippen molar-refractivity contribution >= 4 is 39.1 Å². The van der Waals surface area contributed by atoms with E-state index < -0.39 is 21.6 Å². The molecule has 198 valence electrons. The maximum atomic E-state index is 13.4. The Labute approximate surface area is 220 Å². The van der Waals surface area contributed by atoms with Gasteiger partial charge in [-0.3, -0.25) is 13.9 Å². The van der Waals surface area contributed by atoms with Gasteiger partial charge in [0.05, 0.1) is 11.9 Å². The molecule has 0 aliphatic heterocycles. The standard InChI is InChI=1S/C27H38ClN3O4S/c1-19-13-15-22(16-14-19)18-30(21(3)26(33)29-27(4,5)6)25(32)12-9-17-31(36(7,34)35)24-11-8-10-23(28)20(24)2/h8,10-11,13-16,21H,9,12,17-18H2,1-7H3,(H,29,33)/t21-/m0/s1. The van der Waals surface area contributed by atoms with E-state index in [9.17, 15) is 18.0 Å². The molecule has 0 fully saturated rings. The van der Waals surface area contributed by atoms with Crippen molar-refractivity contribution in [1.82, 2.24) is 10.2 Å². The van der Waals surface area contributed by atoms with E-state index in [0.717, 1.165) is 17.4 Å². The zero-order chi connectivity index (χ0) is 27.3. The van der Waals surface area contributed by atoms with Gasteiger partial charge in [-0.2, -0.15) is 0 Å². The zero-order valence-corrected chi connectivity index (χ0v) is 23.8. The Kier molecular flexibility index (Phi) is 9.97. The van der Waals surface area contributed by atoms with E-state index in [1.54, 1.807) is 36.9 Å². The summed E-state index contributed by atoms with van der Waals surface area (Å²) in [7, 11) is -3.59. The number of rotatable bonds is 10. The van der Waals surface area contributed by atoms with Crippen molar-refractivity contribution in [3.05, 3.63) is 64.2 Å².